The second-order valence-corrected chi connectivity index (χ2v) is 4.56. The molecule has 0 radical (unpaired) electrons. The Hall–Kier alpha value is -0.480. The zero-order chi connectivity index (χ0) is 12.7. The molecule has 0 aliphatic rings. The molecule has 0 aromatic heterocycles. The summed E-state index contributed by atoms with van der Waals surface area (Å²) in [4.78, 5) is 0. The minimum absolute atomic E-state index is 0.231. The Kier molecular flexibility index (Phi) is 6.66. The van der Waals surface area contributed by atoms with Crippen LogP contribution >= 0.6 is 23.2 Å². The van der Waals surface area contributed by atoms with Gasteiger partial charge in [0.2, 0.25) is 0 Å². The number of nitrogens with one attached hydrogen (secondary N) is 1. The number of hydrogen-bond donors (Lipinski definition) is 2. The molecule has 0 heterocycles. The Morgan fingerprint density at radius 1 is 1.35 bits per heavy atom. The van der Waals surface area contributed by atoms with Crippen LogP contribution in [0.15, 0.2) is 18.2 Å². The summed E-state index contributed by atoms with van der Waals surface area (Å²) in [7, 11) is 0. The van der Waals surface area contributed by atoms with E-state index in [4.69, 9.17) is 27.9 Å². The van der Waals surface area contributed by atoms with Crippen LogP contribution in [-0.4, -0.2) is 30.9 Å². The van der Waals surface area contributed by atoms with E-state index in [2.05, 4.69) is 12.2 Å². The summed E-state index contributed by atoms with van der Waals surface area (Å²) in [5.74, 6) is 0.606. The number of aliphatic hydroxyl groups excluding tert-OH is 1. The van der Waals surface area contributed by atoms with E-state index >= 15 is 0 Å². The third kappa shape index (κ3) is 5.59. The Labute approximate surface area is 112 Å². The SMILES string of the molecule is CCCNCC(O)COc1ccc(Cl)c(Cl)c1. The maximum Gasteiger partial charge on any atom is 0.121 e. The molecule has 0 saturated heterocycles. The van der Waals surface area contributed by atoms with Crippen molar-refractivity contribution in [1.82, 2.24) is 5.32 Å². The van der Waals surface area contributed by atoms with E-state index in [-0.39, 0.29) is 6.61 Å². The van der Waals surface area contributed by atoms with Crippen molar-refractivity contribution in [3.05, 3.63) is 28.2 Å². The largest absolute Gasteiger partial charge is 0.491 e. The molecule has 1 aromatic rings. The van der Waals surface area contributed by atoms with Crippen LogP contribution in [0.5, 0.6) is 5.75 Å². The van der Waals surface area contributed by atoms with Gasteiger partial charge in [-0.1, -0.05) is 30.1 Å². The lowest BCUT2D eigenvalue weighted by molar-refractivity contribution is 0.106. The molecule has 1 aromatic carbocycles. The quantitative estimate of drug-likeness (QED) is 0.753. The smallest absolute Gasteiger partial charge is 0.121 e. The lowest BCUT2D eigenvalue weighted by Crippen LogP contribution is -2.31. The van der Waals surface area contributed by atoms with E-state index in [0.29, 0.717) is 22.3 Å². The first-order chi connectivity index (χ1) is 8.13. The molecule has 0 aliphatic carbocycles. The molecule has 96 valence electrons. The second kappa shape index (κ2) is 7.77. The number of benzene rings is 1. The summed E-state index contributed by atoms with van der Waals surface area (Å²) in [5, 5.41) is 13.7. The van der Waals surface area contributed by atoms with Gasteiger partial charge in [0, 0.05) is 12.6 Å². The maximum absolute atomic E-state index is 9.61. The predicted molar refractivity (Wildman–Crippen MR) is 71.1 cm³/mol. The van der Waals surface area contributed by atoms with Crippen molar-refractivity contribution in [2.45, 2.75) is 19.4 Å². The second-order valence-electron chi connectivity index (χ2n) is 3.74. The molecule has 0 amide bonds. The van der Waals surface area contributed by atoms with Gasteiger partial charge in [-0.3, -0.25) is 0 Å². The number of hydrogen-bond acceptors (Lipinski definition) is 3. The third-order valence-electron chi connectivity index (χ3n) is 2.14. The van der Waals surface area contributed by atoms with E-state index in [1.807, 2.05) is 0 Å². The summed E-state index contributed by atoms with van der Waals surface area (Å²) in [6.45, 7) is 3.72. The third-order valence-corrected chi connectivity index (χ3v) is 2.88. The van der Waals surface area contributed by atoms with Crippen molar-refractivity contribution >= 4 is 23.2 Å². The van der Waals surface area contributed by atoms with Crippen LogP contribution in [0.3, 0.4) is 0 Å². The van der Waals surface area contributed by atoms with Gasteiger partial charge in [0.15, 0.2) is 0 Å². The van der Waals surface area contributed by atoms with Crippen molar-refractivity contribution in [1.29, 1.82) is 0 Å². The van der Waals surface area contributed by atoms with Crippen molar-refractivity contribution < 1.29 is 9.84 Å². The average molecular weight is 278 g/mol. The molecule has 0 bridgehead atoms. The van der Waals surface area contributed by atoms with Gasteiger partial charge in [-0.05, 0) is 25.1 Å². The Bertz CT molecular complexity index is 347. The zero-order valence-electron chi connectivity index (χ0n) is 9.75. The lowest BCUT2D eigenvalue weighted by atomic mass is 10.3. The van der Waals surface area contributed by atoms with Gasteiger partial charge < -0.3 is 15.2 Å². The van der Waals surface area contributed by atoms with Crippen LogP contribution < -0.4 is 10.1 Å². The lowest BCUT2D eigenvalue weighted by Gasteiger charge is -2.13. The molecule has 1 atom stereocenters. The predicted octanol–water partition coefficient (Wildman–Crippen LogP) is 2.73. The van der Waals surface area contributed by atoms with E-state index < -0.39 is 6.10 Å². The Balaban J connectivity index is 2.31. The summed E-state index contributed by atoms with van der Waals surface area (Å²) < 4.78 is 5.40. The molecule has 2 N–H and O–H groups in total. The molecule has 1 unspecified atom stereocenters. The summed E-state index contributed by atoms with van der Waals surface area (Å²) in [5.41, 5.74) is 0. The van der Waals surface area contributed by atoms with Crippen LogP contribution in [0.1, 0.15) is 13.3 Å². The number of halogens is 2. The van der Waals surface area contributed by atoms with Gasteiger partial charge in [-0.15, -0.1) is 0 Å². The summed E-state index contributed by atoms with van der Waals surface area (Å²) >= 11 is 11.6. The number of ether oxygens (including phenoxy) is 1. The highest BCUT2D eigenvalue weighted by molar-refractivity contribution is 6.42. The Morgan fingerprint density at radius 2 is 2.12 bits per heavy atom. The molecule has 5 heteroatoms. The highest BCUT2D eigenvalue weighted by Gasteiger charge is 2.05. The van der Waals surface area contributed by atoms with Crippen molar-refractivity contribution in [2.75, 3.05) is 19.7 Å². The Morgan fingerprint density at radius 3 is 2.76 bits per heavy atom. The fourth-order valence-electron chi connectivity index (χ4n) is 1.26. The molecule has 0 fully saturated rings. The standard InChI is InChI=1S/C12H17Cl2NO2/c1-2-5-15-7-9(16)8-17-10-3-4-11(13)12(14)6-10/h3-4,6,9,15-16H,2,5,7-8H2,1H3. The topological polar surface area (TPSA) is 41.5 Å². The van der Waals surface area contributed by atoms with Crippen LogP contribution in [0.25, 0.3) is 0 Å². The first kappa shape index (κ1) is 14.6. The van der Waals surface area contributed by atoms with Gasteiger partial charge in [-0.25, -0.2) is 0 Å². The maximum atomic E-state index is 9.61. The van der Waals surface area contributed by atoms with Crippen molar-refractivity contribution in [3.8, 4) is 5.75 Å². The minimum Gasteiger partial charge on any atom is -0.491 e. The summed E-state index contributed by atoms with van der Waals surface area (Å²) in [6.07, 6.45) is 0.511. The van der Waals surface area contributed by atoms with Crippen molar-refractivity contribution in [2.24, 2.45) is 0 Å². The number of rotatable bonds is 7. The van der Waals surface area contributed by atoms with Crippen molar-refractivity contribution in [3.63, 3.8) is 0 Å². The molecular weight excluding hydrogens is 261 g/mol. The molecule has 0 aliphatic heterocycles. The van der Waals surface area contributed by atoms with Crippen LogP contribution in [0.2, 0.25) is 10.0 Å². The molecular formula is C12H17Cl2NO2. The summed E-state index contributed by atoms with van der Waals surface area (Å²) in [6, 6.07) is 5.03. The van der Waals surface area contributed by atoms with Gasteiger partial charge in [0.1, 0.15) is 18.5 Å². The molecule has 1 rings (SSSR count). The van der Waals surface area contributed by atoms with E-state index in [1.54, 1.807) is 18.2 Å². The monoisotopic (exact) mass is 277 g/mol. The molecule has 0 saturated carbocycles. The fraction of sp³-hybridized carbons (Fsp3) is 0.500. The average Bonchev–Trinajstić information content (AvgIpc) is 2.31. The normalized spacial score (nSPS) is 12.5. The van der Waals surface area contributed by atoms with E-state index in [1.165, 1.54) is 0 Å². The van der Waals surface area contributed by atoms with Crippen LogP contribution in [0, 0.1) is 0 Å². The van der Waals surface area contributed by atoms with E-state index in [0.717, 1.165) is 13.0 Å². The van der Waals surface area contributed by atoms with Crippen LogP contribution in [0.4, 0.5) is 0 Å². The van der Waals surface area contributed by atoms with Gasteiger partial charge in [0.05, 0.1) is 10.0 Å². The first-order valence-corrected chi connectivity index (χ1v) is 6.35. The van der Waals surface area contributed by atoms with Gasteiger partial charge in [-0.2, -0.15) is 0 Å². The van der Waals surface area contributed by atoms with Crippen LogP contribution in [-0.2, 0) is 0 Å². The highest BCUT2D eigenvalue weighted by atomic mass is 35.5. The van der Waals surface area contributed by atoms with E-state index in [9.17, 15) is 5.11 Å². The molecule has 0 spiro atoms. The minimum atomic E-state index is -0.531. The highest BCUT2D eigenvalue weighted by Crippen LogP contribution is 2.26. The molecule has 17 heavy (non-hydrogen) atoms. The fourth-order valence-corrected chi connectivity index (χ4v) is 1.55. The number of aliphatic hydroxyl groups is 1. The van der Waals surface area contributed by atoms with Gasteiger partial charge >= 0.3 is 0 Å². The zero-order valence-corrected chi connectivity index (χ0v) is 11.3. The first-order valence-electron chi connectivity index (χ1n) is 5.60. The van der Waals surface area contributed by atoms with Gasteiger partial charge in [0.25, 0.3) is 0 Å². The molecule has 3 nitrogen and oxygen atoms in total.